The van der Waals surface area contributed by atoms with Gasteiger partial charge in [-0.1, -0.05) is 24.3 Å². The number of hydrogen-bond acceptors (Lipinski definition) is 3. The molecule has 3 rings (SSSR count). The molecule has 2 heterocycles. The van der Waals surface area contributed by atoms with Gasteiger partial charge in [0.15, 0.2) is 0 Å². The van der Waals surface area contributed by atoms with E-state index in [9.17, 15) is 4.79 Å². The van der Waals surface area contributed by atoms with Gasteiger partial charge in [0.25, 0.3) is 0 Å². The lowest BCUT2D eigenvalue weighted by molar-refractivity contribution is -0.127. The molecule has 1 fully saturated rings. The van der Waals surface area contributed by atoms with Crippen molar-refractivity contribution < 1.29 is 4.79 Å². The molecule has 1 amide bonds. The van der Waals surface area contributed by atoms with Crippen LogP contribution in [-0.4, -0.2) is 24.0 Å². The molecule has 0 aliphatic carbocycles. The van der Waals surface area contributed by atoms with Crippen molar-refractivity contribution in [2.75, 3.05) is 13.1 Å². The Labute approximate surface area is 124 Å². The first-order valence-corrected chi connectivity index (χ1v) is 7.25. The summed E-state index contributed by atoms with van der Waals surface area (Å²) in [6.45, 7) is 3.60. The fraction of sp³-hybridized carbons (Fsp3) is 0.294. The molecule has 1 aliphatic rings. The van der Waals surface area contributed by atoms with Gasteiger partial charge in [0.2, 0.25) is 5.91 Å². The van der Waals surface area contributed by atoms with Gasteiger partial charge in [-0.05, 0) is 35.7 Å². The number of nitrogens with one attached hydrogen (secondary N) is 2. The molecule has 0 bridgehead atoms. The molecular weight excluding hydrogens is 262 g/mol. The third kappa shape index (κ3) is 3.11. The number of carbonyl (C=O) groups excluding carboxylic acids is 1. The third-order valence-electron chi connectivity index (χ3n) is 3.94. The van der Waals surface area contributed by atoms with Crippen molar-refractivity contribution >= 4 is 5.91 Å². The van der Waals surface area contributed by atoms with Crippen LogP contribution in [0.2, 0.25) is 0 Å². The standard InChI is InChI=1S/C17H19N3O/c1-12(20-17(21)16-10-19-11-16)13-2-4-14(5-3-13)15-6-8-18-9-7-15/h2-9,12,16,19H,10-11H2,1H3,(H,20,21). The molecule has 0 spiro atoms. The first-order chi connectivity index (χ1) is 10.2. The highest BCUT2D eigenvalue weighted by molar-refractivity contribution is 5.80. The second kappa shape index (κ2) is 6.06. The monoisotopic (exact) mass is 281 g/mol. The maximum Gasteiger partial charge on any atom is 0.226 e. The summed E-state index contributed by atoms with van der Waals surface area (Å²) in [7, 11) is 0. The number of nitrogens with zero attached hydrogens (tertiary/aromatic N) is 1. The lowest BCUT2D eigenvalue weighted by Crippen LogP contribution is -2.51. The molecule has 1 aromatic carbocycles. The number of amides is 1. The van der Waals surface area contributed by atoms with Gasteiger partial charge in [-0.3, -0.25) is 9.78 Å². The Bertz CT molecular complexity index is 606. The molecule has 2 aromatic rings. The zero-order valence-corrected chi connectivity index (χ0v) is 12.0. The van der Waals surface area contributed by atoms with Crippen LogP contribution in [0.1, 0.15) is 18.5 Å². The number of rotatable bonds is 4. The summed E-state index contributed by atoms with van der Waals surface area (Å²) in [5.41, 5.74) is 3.42. The van der Waals surface area contributed by atoms with Gasteiger partial charge in [-0.25, -0.2) is 0 Å². The summed E-state index contributed by atoms with van der Waals surface area (Å²) in [6.07, 6.45) is 3.58. The van der Waals surface area contributed by atoms with Crippen molar-refractivity contribution in [3.63, 3.8) is 0 Å². The highest BCUT2D eigenvalue weighted by Crippen LogP contribution is 2.21. The predicted molar refractivity (Wildman–Crippen MR) is 82.6 cm³/mol. The summed E-state index contributed by atoms with van der Waals surface area (Å²) in [5.74, 6) is 0.267. The second-order valence-electron chi connectivity index (χ2n) is 5.44. The first-order valence-electron chi connectivity index (χ1n) is 7.25. The molecule has 1 aromatic heterocycles. The third-order valence-corrected chi connectivity index (χ3v) is 3.94. The molecule has 108 valence electrons. The van der Waals surface area contributed by atoms with Gasteiger partial charge < -0.3 is 10.6 Å². The van der Waals surface area contributed by atoms with Crippen molar-refractivity contribution in [3.8, 4) is 11.1 Å². The van der Waals surface area contributed by atoms with Crippen molar-refractivity contribution in [2.45, 2.75) is 13.0 Å². The van der Waals surface area contributed by atoms with Crippen molar-refractivity contribution in [3.05, 3.63) is 54.4 Å². The first kappa shape index (κ1) is 13.8. The lowest BCUT2D eigenvalue weighted by atomic mass is 9.99. The minimum Gasteiger partial charge on any atom is -0.349 e. The lowest BCUT2D eigenvalue weighted by Gasteiger charge is -2.27. The SMILES string of the molecule is CC(NC(=O)C1CNC1)c1ccc(-c2ccncc2)cc1. The van der Waals surface area contributed by atoms with E-state index in [2.05, 4.69) is 39.9 Å². The minimum atomic E-state index is 0.0320. The van der Waals surface area contributed by atoms with Crippen LogP contribution in [0.15, 0.2) is 48.8 Å². The summed E-state index contributed by atoms with van der Waals surface area (Å²) in [4.78, 5) is 16.0. The van der Waals surface area contributed by atoms with E-state index in [4.69, 9.17) is 0 Å². The van der Waals surface area contributed by atoms with E-state index < -0.39 is 0 Å². The average molecular weight is 281 g/mol. The van der Waals surface area contributed by atoms with E-state index in [1.807, 2.05) is 19.1 Å². The Morgan fingerprint density at radius 2 is 1.76 bits per heavy atom. The maximum absolute atomic E-state index is 11.9. The molecule has 1 unspecified atom stereocenters. The number of carbonyl (C=O) groups is 1. The summed E-state index contributed by atoms with van der Waals surface area (Å²) >= 11 is 0. The van der Waals surface area contributed by atoms with Crippen molar-refractivity contribution in [2.24, 2.45) is 5.92 Å². The number of benzene rings is 1. The Hall–Kier alpha value is -2.20. The van der Waals surface area contributed by atoms with Crippen molar-refractivity contribution in [1.82, 2.24) is 15.6 Å². The largest absolute Gasteiger partial charge is 0.349 e. The maximum atomic E-state index is 11.9. The minimum absolute atomic E-state index is 0.0320. The van der Waals surface area contributed by atoms with E-state index in [1.165, 1.54) is 0 Å². The van der Waals surface area contributed by atoms with Crippen molar-refractivity contribution in [1.29, 1.82) is 0 Å². The molecule has 0 saturated carbocycles. The number of hydrogen-bond donors (Lipinski definition) is 2. The van der Waals surface area contributed by atoms with Crippen LogP contribution in [0.25, 0.3) is 11.1 Å². The molecule has 21 heavy (non-hydrogen) atoms. The Balaban J connectivity index is 1.67. The molecule has 4 heteroatoms. The highest BCUT2D eigenvalue weighted by atomic mass is 16.2. The molecule has 2 N–H and O–H groups in total. The van der Waals surface area contributed by atoms with Crippen LogP contribution in [0.5, 0.6) is 0 Å². The zero-order valence-electron chi connectivity index (χ0n) is 12.0. The Morgan fingerprint density at radius 1 is 1.14 bits per heavy atom. The van der Waals surface area contributed by atoms with E-state index in [-0.39, 0.29) is 17.9 Å². The van der Waals surface area contributed by atoms with E-state index in [1.54, 1.807) is 12.4 Å². The van der Waals surface area contributed by atoms with E-state index >= 15 is 0 Å². The average Bonchev–Trinajstić information content (AvgIpc) is 2.46. The Morgan fingerprint density at radius 3 is 2.33 bits per heavy atom. The highest BCUT2D eigenvalue weighted by Gasteiger charge is 2.25. The molecular formula is C17H19N3O. The number of pyridine rings is 1. The van der Waals surface area contributed by atoms with Crippen LogP contribution in [0.4, 0.5) is 0 Å². The van der Waals surface area contributed by atoms with Gasteiger partial charge in [-0.2, -0.15) is 0 Å². The van der Waals surface area contributed by atoms with Crippen LogP contribution in [0.3, 0.4) is 0 Å². The van der Waals surface area contributed by atoms with E-state index in [0.717, 1.165) is 29.8 Å². The topological polar surface area (TPSA) is 54.0 Å². The summed E-state index contributed by atoms with van der Waals surface area (Å²) < 4.78 is 0. The smallest absolute Gasteiger partial charge is 0.226 e. The summed E-state index contributed by atoms with van der Waals surface area (Å²) in [5, 5.41) is 6.18. The fourth-order valence-corrected chi connectivity index (χ4v) is 2.40. The van der Waals surface area contributed by atoms with Crippen LogP contribution < -0.4 is 10.6 Å². The fourth-order valence-electron chi connectivity index (χ4n) is 2.40. The summed E-state index contributed by atoms with van der Waals surface area (Å²) in [6, 6.07) is 12.3. The molecule has 4 nitrogen and oxygen atoms in total. The van der Waals surface area contributed by atoms with Gasteiger partial charge in [-0.15, -0.1) is 0 Å². The zero-order chi connectivity index (χ0) is 14.7. The number of aromatic nitrogens is 1. The van der Waals surface area contributed by atoms with E-state index in [0.29, 0.717) is 0 Å². The van der Waals surface area contributed by atoms with Gasteiger partial charge in [0, 0.05) is 25.5 Å². The molecule has 1 atom stereocenters. The van der Waals surface area contributed by atoms with Crippen LogP contribution in [-0.2, 0) is 4.79 Å². The van der Waals surface area contributed by atoms with Gasteiger partial charge in [0.05, 0.1) is 12.0 Å². The second-order valence-corrected chi connectivity index (χ2v) is 5.44. The van der Waals surface area contributed by atoms with Crippen LogP contribution >= 0.6 is 0 Å². The molecule has 1 saturated heterocycles. The molecule has 1 aliphatic heterocycles. The van der Waals surface area contributed by atoms with Crippen LogP contribution in [0, 0.1) is 5.92 Å². The Kier molecular flexibility index (Phi) is 3.97. The predicted octanol–water partition coefficient (Wildman–Crippen LogP) is 2.15. The van der Waals surface area contributed by atoms with Gasteiger partial charge in [0.1, 0.15) is 0 Å². The normalized spacial score (nSPS) is 16.0. The van der Waals surface area contributed by atoms with Gasteiger partial charge >= 0.3 is 0 Å². The molecule has 0 radical (unpaired) electrons. The quantitative estimate of drug-likeness (QED) is 0.903.